The fraction of sp³-hybridized carbons (Fsp3) is 0.655. The van der Waals surface area contributed by atoms with Crippen molar-refractivity contribution in [3.05, 3.63) is 35.9 Å². The number of benzene rings is 1. The topological polar surface area (TPSA) is 65.1 Å². The van der Waals surface area contributed by atoms with Crippen LogP contribution in [0.5, 0.6) is 0 Å². The molecule has 0 radical (unpaired) electrons. The Bertz CT molecular complexity index is 883. The van der Waals surface area contributed by atoms with E-state index in [0.29, 0.717) is 23.0 Å². The third kappa shape index (κ3) is 7.60. The number of hydrogen-bond acceptors (Lipinski definition) is 5. The summed E-state index contributed by atoms with van der Waals surface area (Å²) < 4.78 is 17.9. The van der Waals surface area contributed by atoms with Crippen molar-refractivity contribution in [2.45, 2.75) is 116 Å². The van der Waals surface area contributed by atoms with Crippen LogP contribution in [-0.4, -0.2) is 50.1 Å². The number of nitrogens with zero attached hydrogens (tertiary/aromatic N) is 1. The lowest BCUT2D eigenvalue weighted by Crippen LogP contribution is -2.59. The molecule has 2 rings (SSSR count). The van der Waals surface area contributed by atoms with E-state index in [0.717, 1.165) is 18.4 Å². The van der Waals surface area contributed by atoms with Crippen molar-refractivity contribution in [3.8, 4) is 11.8 Å². The molecule has 1 heterocycles. The fourth-order valence-electron chi connectivity index (χ4n) is 5.66. The number of carbonyl (C=O) groups is 2. The van der Waals surface area contributed by atoms with E-state index in [2.05, 4.69) is 60.3 Å². The number of esters is 1. The number of piperidine rings is 1. The van der Waals surface area contributed by atoms with Gasteiger partial charge in [0.15, 0.2) is 0 Å². The summed E-state index contributed by atoms with van der Waals surface area (Å²) in [6.45, 7) is 17.6. The van der Waals surface area contributed by atoms with Gasteiger partial charge in [0.25, 0.3) is 0 Å². The molecule has 1 amide bonds. The monoisotopic (exact) mass is 515 g/mol. The van der Waals surface area contributed by atoms with Crippen molar-refractivity contribution in [1.29, 1.82) is 0 Å². The first-order chi connectivity index (χ1) is 17.0. The molecule has 1 fully saturated rings. The van der Waals surface area contributed by atoms with Gasteiger partial charge in [-0.15, -0.1) is 0 Å². The van der Waals surface area contributed by atoms with Crippen LogP contribution in [0.4, 0.5) is 4.79 Å². The van der Waals surface area contributed by atoms with Gasteiger partial charge in [-0.1, -0.05) is 83.7 Å². The molecule has 0 aromatic heterocycles. The van der Waals surface area contributed by atoms with Crippen molar-refractivity contribution in [3.63, 3.8) is 0 Å². The lowest BCUT2D eigenvalue weighted by atomic mass is 9.94. The number of amides is 1. The van der Waals surface area contributed by atoms with Crippen LogP contribution < -0.4 is 0 Å². The molecule has 1 aromatic carbocycles. The fourth-order valence-corrected chi connectivity index (χ4v) is 11.3. The normalized spacial score (nSPS) is 20.3. The molecule has 1 aliphatic rings. The Kier molecular flexibility index (Phi) is 11.5. The molecule has 0 N–H and O–H groups in total. The molecule has 36 heavy (non-hydrogen) atoms. The predicted octanol–water partition coefficient (Wildman–Crippen LogP) is 6.69. The molecule has 0 bridgehead atoms. The van der Waals surface area contributed by atoms with Crippen LogP contribution in [0.25, 0.3) is 0 Å². The van der Waals surface area contributed by atoms with Gasteiger partial charge < -0.3 is 13.9 Å². The van der Waals surface area contributed by atoms with Gasteiger partial charge in [0, 0.05) is 13.3 Å². The van der Waals surface area contributed by atoms with Crippen LogP contribution in [0, 0.1) is 11.8 Å². The van der Waals surface area contributed by atoms with Crippen LogP contribution in [0.15, 0.2) is 30.3 Å². The number of ether oxygens (including phenoxy) is 2. The van der Waals surface area contributed by atoms with Crippen LogP contribution in [-0.2, 0) is 25.3 Å². The van der Waals surface area contributed by atoms with Crippen LogP contribution in [0.2, 0.25) is 16.6 Å². The highest BCUT2D eigenvalue weighted by molar-refractivity contribution is 6.77. The summed E-state index contributed by atoms with van der Waals surface area (Å²) in [6, 6.07) is 9.25. The molecule has 7 heteroatoms. The zero-order chi connectivity index (χ0) is 26.9. The minimum Gasteiger partial charge on any atom is -0.465 e. The van der Waals surface area contributed by atoms with Gasteiger partial charge in [-0.3, -0.25) is 9.69 Å². The number of likely N-dealkylation sites (tertiary alicyclic amines) is 1. The van der Waals surface area contributed by atoms with Crippen molar-refractivity contribution in [2.24, 2.45) is 0 Å². The predicted molar refractivity (Wildman–Crippen MR) is 146 cm³/mol. The highest BCUT2D eigenvalue weighted by atomic mass is 28.4. The molecule has 6 nitrogen and oxygen atoms in total. The third-order valence-corrected chi connectivity index (χ3v) is 13.4. The number of carbonyl (C=O) groups excluding carboxylic acids is 2. The van der Waals surface area contributed by atoms with Crippen molar-refractivity contribution >= 4 is 20.4 Å². The quantitative estimate of drug-likeness (QED) is 0.159. The molecule has 0 saturated carbocycles. The van der Waals surface area contributed by atoms with Crippen molar-refractivity contribution in [1.82, 2.24) is 4.90 Å². The maximum absolute atomic E-state index is 13.4. The average molecular weight is 516 g/mol. The van der Waals surface area contributed by atoms with E-state index >= 15 is 0 Å². The van der Waals surface area contributed by atoms with Gasteiger partial charge in [0.2, 0.25) is 8.32 Å². The number of hydrogen-bond donors (Lipinski definition) is 0. The number of rotatable bonds is 9. The Labute approximate surface area is 219 Å². The highest BCUT2D eigenvalue weighted by Gasteiger charge is 2.49. The zero-order valence-corrected chi connectivity index (χ0v) is 24.4. The molecule has 1 saturated heterocycles. The second kappa shape index (κ2) is 13.9. The van der Waals surface area contributed by atoms with E-state index in [1.54, 1.807) is 4.90 Å². The first-order valence-electron chi connectivity index (χ1n) is 13.3. The summed E-state index contributed by atoms with van der Waals surface area (Å²) in [6.07, 6.45) is 1.56. The Morgan fingerprint density at radius 1 is 1.00 bits per heavy atom. The van der Waals surface area contributed by atoms with Crippen molar-refractivity contribution < 1.29 is 23.5 Å². The van der Waals surface area contributed by atoms with Gasteiger partial charge in [0.05, 0.1) is 18.2 Å². The first kappa shape index (κ1) is 29.9. The summed E-state index contributed by atoms with van der Waals surface area (Å²) in [4.78, 5) is 26.2. The standard InChI is InChI=1S/C29H45NO5Si/c1-21(2)36(22(3)4,23(5)6)35-28-18-17-27(16-12-13-19-33-25(8)31)30(24(28)7)29(32)34-20-26-14-10-9-11-15-26/h9-11,14-15,21-24,27-28H,13,17-20H2,1-8H3/t24-,27-,28+/m0/s1. The average Bonchev–Trinajstić information content (AvgIpc) is 2.81. The minimum absolute atomic E-state index is 0.0627. The van der Waals surface area contributed by atoms with Gasteiger partial charge in [-0.2, -0.15) is 0 Å². The van der Waals surface area contributed by atoms with Gasteiger partial charge in [-0.25, -0.2) is 4.79 Å². The second-order valence-electron chi connectivity index (χ2n) is 10.7. The van der Waals surface area contributed by atoms with Crippen LogP contribution in [0.3, 0.4) is 0 Å². The van der Waals surface area contributed by atoms with E-state index in [4.69, 9.17) is 13.9 Å². The smallest absolute Gasteiger partial charge is 0.411 e. The van der Waals surface area contributed by atoms with E-state index in [1.807, 2.05) is 30.3 Å². The zero-order valence-electron chi connectivity index (χ0n) is 23.4. The maximum Gasteiger partial charge on any atom is 0.411 e. The summed E-state index contributed by atoms with van der Waals surface area (Å²) in [7, 11) is -2.12. The molecule has 1 aliphatic heterocycles. The molecule has 0 unspecified atom stereocenters. The van der Waals surface area contributed by atoms with Gasteiger partial charge >= 0.3 is 12.1 Å². The Balaban J connectivity index is 2.26. The minimum atomic E-state index is -2.12. The van der Waals surface area contributed by atoms with Crippen molar-refractivity contribution in [2.75, 3.05) is 6.61 Å². The van der Waals surface area contributed by atoms with Crippen LogP contribution >= 0.6 is 0 Å². The molecule has 200 valence electrons. The van der Waals surface area contributed by atoms with Gasteiger partial charge in [0.1, 0.15) is 13.2 Å². The molecule has 0 spiro atoms. The first-order valence-corrected chi connectivity index (χ1v) is 15.4. The van der Waals surface area contributed by atoms with E-state index < -0.39 is 8.32 Å². The molecule has 1 aromatic rings. The lowest BCUT2D eigenvalue weighted by molar-refractivity contribution is -0.140. The molecular weight excluding hydrogens is 470 g/mol. The SMILES string of the molecule is CC(=O)OCCC#C[C@H]1CC[C@@H](O[Si](C(C)C)(C(C)C)C(C)C)[C@H](C)N1C(=O)OCc1ccccc1. The highest BCUT2D eigenvalue weighted by Crippen LogP contribution is 2.44. The summed E-state index contributed by atoms with van der Waals surface area (Å²) >= 11 is 0. The summed E-state index contributed by atoms with van der Waals surface area (Å²) in [5, 5.41) is 0. The Hall–Kier alpha value is -2.30. The Morgan fingerprint density at radius 2 is 1.61 bits per heavy atom. The van der Waals surface area contributed by atoms with Crippen LogP contribution in [0.1, 0.15) is 80.2 Å². The third-order valence-electron chi connectivity index (χ3n) is 7.32. The molecule has 0 aliphatic carbocycles. The summed E-state index contributed by atoms with van der Waals surface area (Å²) in [5.41, 5.74) is 2.32. The molecule has 3 atom stereocenters. The summed E-state index contributed by atoms with van der Waals surface area (Å²) in [5.74, 6) is 6.03. The van der Waals surface area contributed by atoms with E-state index in [-0.39, 0.29) is 43.5 Å². The maximum atomic E-state index is 13.4. The van der Waals surface area contributed by atoms with E-state index in [1.165, 1.54) is 6.92 Å². The lowest BCUT2D eigenvalue weighted by Gasteiger charge is -2.49. The Morgan fingerprint density at radius 3 is 2.17 bits per heavy atom. The van der Waals surface area contributed by atoms with E-state index in [9.17, 15) is 9.59 Å². The molecular formula is C29H45NO5Si. The largest absolute Gasteiger partial charge is 0.465 e. The second-order valence-corrected chi connectivity index (χ2v) is 16.1. The van der Waals surface area contributed by atoms with Gasteiger partial charge in [-0.05, 0) is 42.0 Å².